The van der Waals surface area contributed by atoms with Crippen LogP contribution in [0.4, 0.5) is 46.3 Å². The molecular weight excluding hydrogens is 512 g/mol. The van der Waals surface area contributed by atoms with E-state index in [-0.39, 0.29) is 59.5 Å². The molecule has 0 radical (unpaired) electrons. The molecular formula is C28H20N8O4. The Morgan fingerprint density at radius 1 is 0.650 bits per heavy atom. The van der Waals surface area contributed by atoms with Gasteiger partial charge in [-0.3, -0.25) is 9.80 Å². The van der Waals surface area contributed by atoms with Gasteiger partial charge in [-0.2, -0.15) is 0 Å². The fourth-order valence-electron chi connectivity index (χ4n) is 4.10. The van der Waals surface area contributed by atoms with Crippen LogP contribution >= 0.6 is 0 Å². The van der Waals surface area contributed by atoms with Gasteiger partial charge in [0.25, 0.3) is 11.6 Å². The number of hydrogen-bond acceptors (Lipinski definition) is 10. The summed E-state index contributed by atoms with van der Waals surface area (Å²) in [5, 5.41) is 0. The van der Waals surface area contributed by atoms with Crippen LogP contribution in [0.2, 0.25) is 0 Å². The zero-order chi connectivity index (χ0) is 28.2. The van der Waals surface area contributed by atoms with Gasteiger partial charge in [-0.05, 0) is 38.1 Å². The SMILES string of the molecule is [C-]#[N+]c1nc2c(nc1[N+]#[C-])N(c1ccccc1)c1nc(C(=O)OCC)c(C(=O)OCC)nc1N2c1ccccc1. The van der Waals surface area contributed by atoms with Crippen LogP contribution in [0, 0.1) is 13.1 Å². The number of nitrogens with zero attached hydrogens (tertiary/aromatic N) is 8. The number of ether oxygens (including phenoxy) is 2. The van der Waals surface area contributed by atoms with Crippen LogP contribution in [0.15, 0.2) is 60.7 Å². The average molecular weight is 533 g/mol. The van der Waals surface area contributed by atoms with Gasteiger partial charge in [-0.25, -0.2) is 19.6 Å². The lowest BCUT2D eigenvalue weighted by atomic mass is 10.2. The highest BCUT2D eigenvalue weighted by Gasteiger charge is 2.43. The first kappa shape index (κ1) is 25.8. The highest BCUT2D eigenvalue weighted by atomic mass is 16.5. The van der Waals surface area contributed by atoms with Crippen LogP contribution in [0.5, 0.6) is 0 Å². The summed E-state index contributed by atoms with van der Waals surface area (Å²) in [5.41, 5.74) is 0.443. The van der Waals surface area contributed by atoms with Crippen LogP contribution in [0.3, 0.4) is 0 Å². The molecule has 3 heterocycles. The Morgan fingerprint density at radius 3 is 1.32 bits per heavy atom. The van der Waals surface area contributed by atoms with Crippen molar-refractivity contribution in [2.45, 2.75) is 13.8 Å². The lowest BCUT2D eigenvalue weighted by Crippen LogP contribution is -2.30. The molecule has 40 heavy (non-hydrogen) atoms. The van der Waals surface area contributed by atoms with E-state index in [1.165, 1.54) is 0 Å². The van der Waals surface area contributed by atoms with Crippen molar-refractivity contribution in [3.05, 3.63) is 94.9 Å². The topological polar surface area (TPSA) is 119 Å². The minimum Gasteiger partial charge on any atom is -0.461 e. The third-order valence-corrected chi connectivity index (χ3v) is 5.71. The Labute approximate surface area is 229 Å². The number of fused-ring (bicyclic) bond motifs is 2. The summed E-state index contributed by atoms with van der Waals surface area (Å²) in [6, 6.07) is 17.9. The number of benzene rings is 2. The molecule has 12 nitrogen and oxygen atoms in total. The summed E-state index contributed by atoms with van der Waals surface area (Å²) in [6.45, 7) is 18.5. The molecule has 2 aromatic carbocycles. The molecule has 0 fully saturated rings. The Kier molecular flexibility index (Phi) is 6.99. The summed E-state index contributed by atoms with van der Waals surface area (Å²) >= 11 is 0. The summed E-state index contributed by atoms with van der Waals surface area (Å²) in [5.74, 6) is -1.52. The van der Waals surface area contributed by atoms with Crippen molar-refractivity contribution in [2.24, 2.45) is 0 Å². The minimum atomic E-state index is -0.859. The number of anilines is 6. The summed E-state index contributed by atoms with van der Waals surface area (Å²) in [4.78, 5) is 54.2. The quantitative estimate of drug-likeness (QED) is 0.191. The first-order chi connectivity index (χ1) is 19.5. The molecule has 0 atom stereocenters. The number of aromatic nitrogens is 4. The van der Waals surface area contributed by atoms with Gasteiger partial charge in [-0.15, -0.1) is 9.97 Å². The average Bonchev–Trinajstić information content (AvgIpc) is 2.99. The number of carbonyl (C=O) groups excluding carboxylic acids is 2. The molecule has 0 amide bonds. The molecule has 12 heteroatoms. The fourth-order valence-corrected chi connectivity index (χ4v) is 4.10. The number of carbonyl (C=O) groups is 2. The minimum absolute atomic E-state index is 0.0421. The maximum Gasteiger partial charge on any atom is 0.359 e. The second kappa shape index (κ2) is 10.8. The van der Waals surface area contributed by atoms with Crippen LogP contribution in [0.25, 0.3) is 9.69 Å². The number of hydrogen-bond donors (Lipinski definition) is 0. The number of rotatable bonds is 6. The van der Waals surface area contributed by atoms with Gasteiger partial charge >= 0.3 is 23.6 Å². The molecule has 0 spiro atoms. The van der Waals surface area contributed by atoms with Crippen molar-refractivity contribution in [3.8, 4) is 0 Å². The van der Waals surface area contributed by atoms with E-state index < -0.39 is 11.9 Å². The van der Waals surface area contributed by atoms with Crippen molar-refractivity contribution in [1.82, 2.24) is 19.9 Å². The number of esters is 2. The third kappa shape index (κ3) is 4.40. The summed E-state index contributed by atoms with van der Waals surface area (Å²) in [6.07, 6.45) is 0. The van der Waals surface area contributed by atoms with Gasteiger partial charge in [0.2, 0.25) is 0 Å². The molecule has 1 aliphatic heterocycles. The first-order valence-electron chi connectivity index (χ1n) is 12.2. The maximum absolute atomic E-state index is 13.0. The highest BCUT2D eigenvalue weighted by molar-refractivity contribution is 6.04. The predicted molar refractivity (Wildman–Crippen MR) is 145 cm³/mol. The molecule has 4 aromatic rings. The second-order valence-corrected chi connectivity index (χ2v) is 8.09. The van der Waals surface area contributed by atoms with Crippen LogP contribution in [-0.4, -0.2) is 45.1 Å². The largest absolute Gasteiger partial charge is 0.461 e. The van der Waals surface area contributed by atoms with Gasteiger partial charge in [0.1, 0.15) is 0 Å². The van der Waals surface area contributed by atoms with E-state index in [0.717, 1.165) is 0 Å². The Balaban J connectivity index is 1.91. The molecule has 2 aromatic heterocycles. The predicted octanol–water partition coefficient (Wildman–Crippen LogP) is 5.97. The monoisotopic (exact) mass is 532 g/mol. The molecule has 0 unspecified atom stereocenters. The molecule has 1 aliphatic rings. The van der Waals surface area contributed by atoms with E-state index in [1.54, 1.807) is 72.2 Å². The standard InChI is InChI=1S/C28H20N8O4/c1-5-39-27(37)19-20(28(38)40-6-2)32-24-23(31-19)35(17-13-9-7-10-14-17)25-26(34-22(30-4)21(29-3)33-25)36(24)18-15-11-8-12-16-18/h7-16H,5-6H2,1-2H3. The Morgan fingerprint density at radius 2 is 1.00 bits per heavy atom. The molecule has 0 aliphatic carbocycles. The van der Waals surface area contributed by atoms with Crippen molar-refractivity contribution < 1.29 is 19.1 Å². The van der Waals surface area contributed by atoms with E-state index in [2.05, 4.69) is 29.6 Å². The van der Waals surface area contributed by atoms with Crippen LogP contribution < -0.4 is 9.80 Å². The summed E-state index contributed by atoms with van der Waals surface area (Å²) in [7, 11) is 0. The van der Waals surface area contributed by atoms with Crippen molar-refractivity contribution in [2.75, 3.05) is 23.0 Å². The lowest BCUT2D eigenvalue weighted by molar-refractivity contribution is 0.0468. The third-order valence-electron chi connectivity index (χ3n) is 5.71. The Bertz CT molecular complexity index is 1570. The summed E-state index contributed by atoms with van der Waals surface area (Å²) < 4.78 is 10.4. The highest BCUT2D eigenvalue weighted by Crippen LogP contribution is 2.52. The van der Waals surface area contributed by atoms with E-state index in [1.807, 2.05) is 12.1 Å². The smallest absolute Gasteiger partial charge is 0.359 e. The fraction of sp³-hybridized carbons (Fsp3) is 0.143. The molecule has 5 rings (SSSR count). The van der Waals surface area contributed by atoms with Gasteiger partial charge in [0.05, 0.1) is 24.6 Å². The maximum atomic E-state index is 13.0. The Hall–Kier alpha value is -5.88. The van der Waals surface area contributed by atoms with Crippen LogP contribution in [-0.2, 0) is 9.47 Å². The van der Waals surface area contributed by atoms with Gasteiger partial charge in [-0.1, -0.05) is 49.5 Å². The zero-order valence-corrected chi connectivity index (χ0v) is 21.4. The van der Waals surface area contributed by atoms with E-state index in [0.29, 0.717) is 11.4 Å². The molecule has 0 N–H and O–H groups in total. The molecule has 196 valence electrons. The van der Waals surface area contributed by atoms with E-state index >= 15 is 0 Å². The van der Waals surface area contributed by atoms with Crippen molar-refractivity contribution in [3.63, 3.8) is 0 Å². The molecule has 0 saturated carbocycles. The van der Waals surface area contributed by atoms with Gasteiger partial charge in [0, 0.05) is 0 Å². The second-order valence-electron chi connectivity index (χ2n) is 8.09. The van der Waals surface area contributed by atoms with E-state index in [4.69, 9.17) is 22.6 Å². The zero-order valence-electron chi connectivity index (χ0n) is 21.4. The van der Waals surface area contributed by atoms with Gasteiger partial charge in [0.15, 0.2) is 23.0 Å². The van der Waals surface area contributed by atoms with Crippen molar-refractivity contribution >= 4 is 58.2 Å². The normalized spacial score (nSPS) is 11.5. The molecule has 0 bridgehead atoms. The number of para-hydroxylation sites is 2. The van der Waals surface area contributed by atoms with E-state index in [9.17, 15) is 9.59 Å². The molecule has 0 saturated heterocycles. The lowest BCUT2D eigenvalue weighted by Gasteiger charge is -2.33. The van der Waals surface area contributed by atoms with Gasteiger partial charge < -0.3 is 19.2 Å². The first-order valence-corrected chi connectivity index (χ1v) is 12.2. The van der Waals surface area contributed by atoms with Crippen LogP contribution in [0.1, 0.15) is 34.8 Å². The van der Waals surface area contributed by atoms with Crippen molar-refractivity contribution in [1.29, 1.82) is 0 Å².